The SMILES string of the molecule is CCCCCCCCCCCCCCCCCCOC(OCCCCCCCCCCCCCCCCCC)(OCCCCCCCCCCCCCCCCCC)C(C)C. The van der Waals surface area contributed by atoms with Crippen molar-refractivity contribution in [1.29, 1.82) is 0 Å². The molecule has 0 aromatic rings. The molecule has 0 rings (SSSR count). The summed E-state index contributed by atoms with van der Waals surface area (Å²) in [4.78, 5) is 0. The summed E-state index contributed by atoms with van der Waals surface area (Å²) in [6.45, 7) is 13.6. The first kappa shape index (κ1) is 60.9. The Labute approximate surface area is 387 Å². The lowest BCUT2D eigenvalue weighted by Gasteiger charge is -2.37. The summed E-state index contributed by atoms with van der Waals surface area (Å²) in [5.41, 5.74) is 0. The second-order valence-corrected chi connectivity index (χ2v) is 20.2. The number of unbranched alkanes of at least 4 members (excludes halogenated alkanes) is 45. The third-order valence-electron chi connectivity index (χ3n) is 13.6. The molecule has 0 atom stereocenters. The minimum Gasteiger partial charge on any atom is -0.327 e. The molecule has 0 fully saturated rings. The predicted molar refractivity (Wildman–Crippen MR) is 274 cm³/mol. The van der Waals surface area contributed by atoms with Gasteiger partial charge >= 0.3 is 0 Å². The largest absolute Gasteiger partial charge is 0.327 e. The Morgan fingerprint density at radius 2 is 0.344 bits per heavy atom. The second-order valence-electron chi connectivity index (χ2n) is 20.2. The van der Waals surface area contributed by atoms with Gasteiger partial charge in [-0.15, -0.1) is 0 Å². The standard InChI is InChI=1S/C58H118O3/c1-6-9-12-15-18-21-24-27-30-33-36-39-42-45-48-51-54-59-58(57(4)5,60-55-52-49-46-43-40-37-34-31-28-25-22-19-16-13-10-7-2)61-56-53-50-47-44-41-38-35-32-29-26-23-20-17-14-11-8-3/h57H,6-56H2,1-5H3. The summed E-state index contributed by atoms with van der Waals surface area (Å²) in [5.74, 6) is -0.712. The molecule has 61 heavy (non-hydrogen) atoms. The Morgan fingerprint density at radius 3 is 0.475 bits per heavy atom. The van der Waals surface area contributed by atoms with Gasteiger partial charge in [0, 0.05) is 5.92 Å². The van der Waals surface area contributed by atoms with E-state index in [1.165, 1.54) is 289 Å². The van der Waals surface area contributed by atoms with Crippen molar-refractivity contribution in [2.75, 3.05) is 19.8 Å². The third kappa shape index (κ3) is 46.2. The van der Waals surface area contributed by atoms with Crippen molar-refractivity contribution in [2.24, 2.45) is 5.92 Å². The smallest absolute Gasteiger partial charge is 0.285 e. The highest BCUT2D eigenvalue weighted by atomic mass is 16.9. The van der Waals surface area contributed by atoms with Gasteiger partial charge in [0.15, 0.2) is 0 Å². The molecule has 0 aliphatic rings. The van der Waals surface area contributed by atoms with Crippen molar-refractivity contribution in [2.45, 2.75) is 349 Å². The van der Waals surface area contributed by atoms with Gasteiger partial charge in [-0.05, 0) is 19.3 Å². The zero-order valence-electron chi connectivity index (χ0n) is 43.4. The normalized spacial score (nSPS) is 12.1. The Kier molecular flexibility index (Phi) is 52.4. The first-order chi connectivity index (χ1) is 30.1. The van der Waals surface area contributed by atoms with Gasteiger partial charge < -0.3 is 14.2 Å². The van der Waals surface area contributed by atoms with E-state index < -0.39 is 5.97 Å². The molecule has 0 spiro atoms. The van der Waals surface area contributed by atoms with Gasteiger partial charge in [0.05, 0.1) is 19.8 Å². The Balaban J connectivity index is 4.31. The van der Waals surface area contributed by atoms with Crippen LogP contribution in [-0.2, 0) is 14.2 Å². The van der Waals surface area contributed by atoms with Crippen LogP contribution in [0.25, 0.3) is 0 Å². The van der Waals surface area contributed by atoms with Crippen molar-refractivity contribution >= 4 is 0 Å². The van der Waals surface area contributed by atoms with Crippen LogP contribution in [0, 0.1) is 5.92 Å². The molecule has 0 bridgehead atoms. The summed E-state index contributed by atoms with van der Waals surface area (Å²) >= 11 is 0. The van der Waals surface area contributed by atoms with Crippen LogP contribution >= 0.6 is 0 Å². The number of rotatable bonds is 55. The van der Waals surface area contributed by atoms with Gasteiger partial charge in [-0.25, -0.2) is 0 Å². The van der Waals surface area contributed by atoms with Crippen LogP contribution in [0.1, 0.15) is 343 Å². The van der Waals surface area contributed by atoms with E-state index >= 15 is 0 Å². The van der Waals surface area contributed by atoms with E-state index in [1.807, 2.05) is 0 Å². The monoisotopic (exact) mass is 863 g/mol. The van der Waals surface area contributed by atoms with Crippen LogP contribution in [0.3, 0.4) is 0 Å². The van der Waals surface area contributed by atoms with Crippen LogP contribution in [0.15, 0.2) is 0 Å². The Hall–Kier alpha value is -0.120. The van der Waals surface area contributed by atoms with Crippen LogP contribution in [0.5, 0.6) is 0 Å². The molecule has 0 amide bonds. The third-order valence-corrected chi connectivity index (χ3v) is 13.6. The van der Waals surface area contributed by atoms with E-state index in [0.717, 1.165) is 39.1 Å². The molecule has 0 unspecified atom stereocenters. The molecule has 3 heteroatoms. The average Bonchev–Trinajstić information content (AvgIpc) is 3.26. The Morgan fingerprint density at radius 1 is 0.213 bits per heavy atom. The highest BCUT2D eigenvalue weighted by molar-refractivity contribution is 4.65. The summed E-state index contributed by atoms with van der Waals surface area (Å²) < 4.78 is 19.9. The summed E-state index contributed by atoms with van der Waals surface area (Å²) in [7, 11) is 0. The van der Waals surface area contributed by atoms with E-state index in [0.29, 0.717) is 0 Å². The van der Waals surface area contributed by atoms with E-state index in [-0.39, 0.29) is 5.92 Å². The van der Waals surface area contributed by atoms with Gasteiger partial charge in [-0.3, -0.25) is 0 Å². The maximum absolute atomic E-state index is 6.62. The number of ether oxygens (including phenoxy) is 3. The van der Waals surface area contributed by atoms with Crippen LogP contribution in [0.4, 0.5) is 0 Å². The zero-order valence-corrected chi connectivity index (χ0v) is 43.4. The zero-order chi connectivity index (χ0) is 44.3. The summed E-state index contributed by atoms with van der Waals surface area (Å²) in [6, 6.07) is 0. The molecule has 0 aromatic heterocycles. The molecule has 0 aliphatic carbocycles. The quantitative estimate of drug-likeness (QED) is 0.0450. The molecule has 0 radical (unpaired) electrons. The molecule has 0 saturated carbocycles. The van der Waals surface area contributed by atoms with E-state index in [2.05, 4.69) is 34.6 Å². The van der Waals surface area contributed by atoms with Crippen molar-refractivity contribution in [1.82, 2.24) is 0 Å². The van der Waals surface area contributed by atoms with Crippen molar-refractivity contribution < 1.29 is 14.2 Å². The molecule has 0 saturated heterocycles. The fourth-order valence-electron chi connectivity index (χ4n) is 9.22. The predicted octanol–water partition coefficient (Wildman–Crippen LogP) is 21.1. The highest BCUT2D eigenvalue weighted by Crippen LogP contribution is 2.28. The minimum absolute atomic E-state index is 0.177. The van der Waals surface area contributed by atoms with Gasteiger partial charge in [0.2, 0.25) is 0 Å². The summed E-state index contributed by atoms with van der Waals surface area (Å²) in [6.07, 6.45) is 66.8. The van der Waals surface area contributed by atoms with Crippen LogP contribution < -0.4 is 0 Å². The molecule has 3 nitrogen and oxygen atoms in total. The minimum atomic E-state index is -0.888. The number of hydrogen-bond donors (Lipinski definition) is 0. The van der Waals surface area contributed by atoms with E-state index in [9.17, 15) is 0 Å². The maximum atomic E-state index is 6.62. The topological polar surface area (TPSA) is 27.7 Å². The molecule has 368 valence electrons. The molecular formula is C58H118O3. The fourth-order valence-corrected chi connectivity index (χ4v) is 9.22. The average molecular weight is 864 g/mol. The lowest BCUT2D eigenvalue weighted by atomic mass is 10.0. The Bertz CT molecular complexity index is 673. The first-order valence-electron chi connectivity index (χ1n) is 29.0. The van der Waals surface area contributed by atoms with Crippen LogP contribution in [-0.4, -0.2) is 25.8 Å². The fraction of sp³-hybridized carbons (Fsp3) is 1.00. The van der Waals surface area contributed by atoms with Gasteiger partial charge in [0.25, 0.3) is 5.97 Å². The highest BCUT2D eigenvalue weighted by Gasteiger charge is 2.37. The number of hydrogen-bond acceptors (Lipinski definition) is 3. The van der Waals surface area contributed by atoms with Crippen LogP contribution in [0.2, 0.25) is 0 Å². The first-order valence-corrected chi connectivity index (χ1v) is 29.0. The summed E-state index contributed by atoms with van der Waals surface area (Å²) in [5, 5.41) is 0. The van der Waals surface area contributed by atoms with Gasteiger partial charge in [0.1, 0.15) is 0 Å². The molecule has 0 heterocycles. The van der Waals surface area contributed by atoms with Crippen molar-refractivity contribution in [3.63, 3.8) is 0 Å². The lowest BCUT2D eigenvalue weighted by molar-refractivity contribution is -0.401. The maximum Gasteiger partial charge on any atom is 0.285 e. The van der Waals surface area contributed by atoms with Crippen molar-refractivity contribution in [3.8, 4) is 0 Å². The van der Waals surface area contributed by atoms with E-state index in [1.54, 1.807) is 0 Å². The molecular weight excluding hydrogens is 745 g/mol. The molecule has 0 aliphatic heterocycles. The lowest BCUT2D eigenvalue weighted by Crippen LogP contribution is -2.45. The van der Waals surface area contributed by atoms with Crippen molar-refractivity contribution in [3.05, 3.63) is 0 Å². The molecule has 0 aromatic carbocycles. The van der Waals surface area contributed by atoms with E-state index in [4.69, 9.17) is 14.2 Å². The molecule has 0 N–H and O–H groups in total. The van der Waals surface area contributed by atoms with Gasteiger partial charge in [-0.1, -0.05) is 324 Å². The van der Waals surface area contributed by atoms with Gasteiger partial charge in [-0.2, -0.15) is 0 Å². The second kappa shape index (κ2) is 52.5.